The van der Waals surface area contributed by atoms with Crippen LogP contribution in [0, 0.1) is 12.7 Å². The Morgan fingerprint density at radius 1 is 0.815 bits per heavy atom. The van der Waals surface area contributed by atoms with Gasteiger partial charge in [-0.2, -0.15) is 13.2 Å². The summed E-state index contributed by atoms with van der Waals surface area (Å²) in [6.07, 6.45) is -4.72. The molecule has 3 aromatic carbocycles. The maximum Gasteiger partial charge on any atom is 0.419 e. The van der Waals surface area contributed by atoms with Gasteiger partial charge in [0.25, 0.3) is 0 Å². The Kier molecular flexibility index (Phi) is 3.87. The molecule has 4 aromatic rings. The monoisotopic (exact) mass is 373 g/mol. The second-order valence-electron chi connectivity index (χ2n) is 6.50. The molecular formula is C21H15F4NO. The second-order valence-corrected chi connectivity index (χ2v) is 6.50. The molecule has 4 rings (SSSR count). The molecule has 0 aliphatic rings. The van der Waals surface area contributed by atoms with E-state index < -0.39 is 17.6 Å². The first-order valence-corrected chi connectivity index (χ1v) is 8.27. The largest absolute Gasteiger partial charge is 0.456 e. The van der Waals surface area contributed by atoms with E-state index in [0.717, 1.165) is 34.1 Å². The molecular weight excluding hydrogens is 358 g/mol. The number of alkyl halides is 3. The number of anilines is 2. The van der Waals surface area contributed by atoms with Crippen molar-refractivity contribution in [2.75, 3.05) is 11.9 Å². The highest BCUT2D eigenvalue weighted by Crippen LogP contribution is 2.36. The van der Waals surface area contributed by atoms with Crippen LogP contribution < -0.4 is 4.90 Å². The molecule has 138 valence electrons. The zero-order chi connectivity index (χ0) is 19.3. The lowest BCUT2D eigenvalue weighted by atomic mass is 10.1. The van der Waals surface area contributed by atoms with Gasteiger partial charge in [-0.25, -0.2) is 4.39 Å². The summed E-state index contributed by atoms with van der Waals surface area (Å²) >= 11 is 0. The van der Waals surface area contributed by atoms with Crippen LogP contribution >= 0.6 is 0 Å². The van der Waals surface area contributed by atoms with Crippen LogP contribution in [0.2, 0.25) is 0 Å². The molecule has 27 heavy (non-hydrogen) atoms. The molecule has 2 nitrogen and oxygen atoms in total. The van der Waals surface area contributed by atoms with Crippen LogP contribution in [0.5, 0.6) is 0 Å². The molecule has 6 heteroatoms. The van der Waals surface area contributed by atoms with E-state index in [2.05, 4.69) is 0 Å². The van der Waals surface area contributed by atoms with Crippen molar-refractivity contribution < 1.29 is 22.0 Å². The van der Waals surface area contributed by atoms with E-state index in [1.807, 2.05) is 37.3 Å². The number of nitrogens with zero attached hydrogens (tertiary/aromatic N) is 1. The fraction of sp³-hybridized carbons (Fsp3) is 0.143. The maximum atomic E-state index is 13.9. The minimum atomic E-state index is -4.72. The van der Waals surface area contributed by atoms with Crippen molar-refractivity contribution in [3.63, 3.8) is 0 Å². The van der Waals surface area contributed by atoms with Gasteiger partial charge >= 0.3 is 6.18 Å². The van der Waals surface area contributed by atoms with Crippen molar-refractivity contribution in [1.29, 1.82) is 0 Å². The molecule has 0 N–H and O–H groups in total. The SMILES string of the molecule is Cc1ccc2c(c1)oc1cc(N(C)c3ccc(C(F)(F)F)c(F)c3)ccc12. The fourth-order valence-corrected chi connectivity index (χ4v) is 3.17. The van der Waals surface area contributed by atoms with Crippen molar-refractivity contribution in [2.45, 2.75) is 13.1 Å². The second kappa shape index (κ2) is 6.01. The van der Waals surface area contributed by atoms with Gasteiger partial charge in [0.15, 0.2) is 0 Å². The molecule has 0 saturated carbocycles. The van der Waals surface area contributed by atoms with Gasteiger partial charge in [0.1, 0.15) is 17.0 Å². The summed E-state index contributed by atoms with van der Waals surface area (Å²) in [6.45, 7) is 1.98. The zero-order valence-electron chi connectivity index (χ0n) is 14.6. The Labute approximate surface area is 152 Å². The lowest BCUT2D eigenvalue weighted by Gasteiger charge is -2.20. The van der Waals surface area contributed by atoms with Gasteiger partial charge < -0.3 is 9.32 Å². The predicted octanol–water partition coefficient (Wildman–Crippen LogP) is 6.82. The van der Waals surface area contributed by atoms with E-state index in [1.165, 1.54) is 6.07 Å². The molecule has 0 amide bonds. The minimum Gasteiger partial charge on any atom is -0.456 e. The molecule has 0 radical (unpaired) electrons. The standard InChI is InChI=1S/C21H15F4NO/c1-12-3-6-15-16-7-4-14(11-20(16)27-19(15)9-12)26(2)13-5-8-17(18(22)10-13)21(23,24)25/h3-11H,1-2H3. The smallest absolute Gasteiger partial charge is 0.419 e. The number of hydrogen-bond acceptors (Lipinski definition) is 2. The number of rotatable bonds is 2. The molecule has 0 aliphatic carbocycles. The molecule has 1 heterocycles. The van der Waals surface area contributed by atoms with Gasteiger partial charge in [-0.15, -0.1) is 0 Å². The first-order valence-electron chi connectivity index (χ1n) is 8.27. The van der Waals surface area contributed by atoms with Crippen LogP contribution in [-0.4, -0.2) is 7.05 Å². The Morgan fingerprint density at radius 2 is 1.41 bits per heavy atom. The van der Waals surface area contributed by atoms with E-state index in [1.54, 1.807) is 18.0 Å². The molecule has 0 atom stereocenters. The number of fused-ring (bicyclic) bond motifs is 3. The van der Waals surface area contributed by atoms with Crippen LogP contribution in [0.15, 0.2) is 59.0 Å². The topological polar surface area (TPSA) is 16.4 Å². The van der Waals surface area contributed by atoms with Crippen molar-refractivity contribution in [3.8, 4) is 0 Å². The highest BCUT2D eigenvalue weighted by atomic mass is 19.4. The fourth-order valence-electron chi connectivity index (χ4n) is 3.17. The highest BCUT2D eigenvalue weighted by Gasteiger charge is 2.34. The molecule has 0 fully saturated rings. The Hall–Kier alpha value is -3.02. The van der Waals surface area contributed by atoms with Crippen LogP contribution in [0.1, 0.15) is 11.1 Å². The van der Waals surface area contributed by atoms with Crippen molar-refractivity contribution in [1.82, 2.24) is 0 Å². The number of benzene rings is 3. The Balaban J connectivity index is 1.75. The molecule has 0 saturated heterocycles. The molecule has 1 aromatic heterocycles. The number of halogens is 4. The van der Waals surface area contributed by atoms with E-state index in [-0.39, 0.29) is 0 Å². The number of hydrogen-bond donors (Lipinski definition) is 0. The number of aryl methyl sites for hydroxylation is 1. The third kappa shape index (κ3) is 3.01. The summed E-state index contributed by atoms with van der Waals surface area (Å²) in [5.74, 6) is -1.30. The molecule has 0 unspecified atom stereocenters. The predicted molar refractivity (Wildman–Crippen MR) is 97.9 cm³/mol. The van der Waals surface area contributed by atoms with Gasteiger partial charge in [0.05, 0.1) is 5.56 Å². The number of furan rings is 1. The van der Waals surface area contributed by atoms with Crippen molar-refractivity contribution in [3.05, 3.63) is 71.5 Å². The summed E-state index contributed by atoms with van der Waals surface area (Å²) < 4.78 is 58.0. The van der Waals surface area contributed by atoms with Gasteiger partial charge in [-0.1, -0.05) is 12.1 Å². The van der Waals surface area contributed by atoms with E-state index in [0.29, 0.717) is 17.0 Å². The molecule has 0 spiro atoms. The quantitative estimate of drug-likeness (QED) is 0.359. The average molecular weight is 373 g/mol. The summed E-state index contributed by atoms with van der Waals surface area (Å²) in [6, 6.07) is 14.3. The first-order chi connectivity index (χ1) is 12.7. The van der Waals surface area contributed by atoms with E-state index >= 15 is 0 Å². The van der Waals surface area contributed by atoms with E-state index in [4.69, 9.17) is 4.42 Å². The minimum absolute atomic E-state index is 0.312. The molecule has 0 aliphatic heterocycles. The highest BCUT2D eigenvalue weighted by molar-refractivity contribution is 6.06. The summed E-state index contributed by atoms with van der Waals surface area (Å²) in [5, 5.41) is 1.94. The third-order valence-electron chi connectivity index (χ3n) is 4.65. The van der Waals surface area contributed by atoms with Gasteiger partial charge in [0.2, 0.25) is 0 Å². The van der Waals surface area contributed by atoms with Gasteiger partial charge in [-0.3, -0.25) is 0 Å². The zero-order valence-corrected chi connectivity index (χ0v) is 14.6. The van der Waals surface area contributed by atoms with Crippen molar-refractivity contribution >= 4 is 33.3 Å². The van der Waals surface area contributed by atoms with Crippen LogP contribution in [-0.2, 0) is 6.18 Å². The van der Waals surface area contributed by atoms with E-state index in [9.17, 15) is 17.6 Å². The van der Waals surface area contributed by atoms with Crippen LogP contribution in [0.25, 0.3) is 21.9 Å². The molecule has 0 bridgehead atoms. The summed E-state index contributed by atoms with van der Waals surface area (Å²) in [7, 11) is 1.66. The lowest BCUT2D eigenvalue weighted by molar-refractivity contribution is -0.139. The van der Waals surface area contributed by atoms with Gasteiger partial charge in [0, 0.05) is 35.3 Å². The third-order valence-corrected chi connectivity index (χ3v) is 4.65. The van der Waals surface area contributed by atoms with Crippen LogP contribution in [0.4, 0.5) is 28.9 Å². The summed E-state index contributed by atoms with van der Waals surface area (Å²) in [5.41, 5.74) is 2.23. The van der Waals surface area contributed by atoms with Gasteiger partial charge in [-0.05, 0) is 48.9 Å². The van der Waals surface area contributed by atoms with Crippen LogP contribution in [0.3, 0.4) is 0 Å². The lowest BCUT2D eigenvalue weighted by Crippen LogP contribution is -2.12. The average Bonchev–Trinajstić information content (AvgIpc) is 2.96. The normalized spacial score (nSPS) is 12.1. The van der Waals surface area contributed by atoms with Crippen molar-refractivity contribution in [2.24, 2.45) is 0 Å². The first kappa shape index (κ1) is 17.4. The summed E-state index contributed by atoms with van der Waals surface area (Å²) in [4.78, 5) is 1.61. The Morgan fingerprint density at radius 3 is 2.07 bits per heavy atom. The maximum absolute atomic E-state index is 13.9. The Bertz CT molecular complexity index is 1160.